The summed E-state index contributed by atoms with van der Waals surface area (Å²) in [5.41, 5.74) is 2.12. The molecule has 0 aliphatic heterocycles. The van der Waals surface area contributed by atoms with Crippen molar-refractivity contribution in [2.45, 2.75) is 38.5 Å². The van der Waals surface area contributed by atoms with Crippen molar-refractivity contribution in [3.8, 4) is 5.75 Å². The maximum absolute atomic E-state index is 12.6. The zero-order valence-electron chi connectivity index (χ0n) is 17.0. The molecule has 0 amide bonds. The molecule has 0 saturated carbocycles. The summed E-state index contributed by atoms with van der Waals surface area (Å²) < 4.78 is 2.00. The number of aromatic hydroxyl groups is 1. The molecule has 3 aromatic rings. The molecule has 0 fully saturated rings. The van der Waals surface area contributed by atoms with Gasteiger partial charge in [0.05, 0.1) is 16.8 Å². The Morgan fingerprint density at radius 3 is 2.48 bits per heavy atom. The van der Waals surface area contributed by atoms with Crippen molar-refractivity contribution in [2.24, 2.45) is 0 Å². The van der Waals surface area contributed by atoms with Crippen LogP contribution in [0.3, 0.4) is 0 Å². The number of carboxylic acids is 1. The Morgan fingerprint density at radius 1 is 1.13 bits per heavy atom. The lowest BCUT2D eigenvalue weighted by Crippen LogP contribution is -2.09. The van der Waals surface area contributed by atoms with Crippen LogP contribution in [0.2, 0.25) is 5.15 Å². The second-order valence-electron chi connectivity index (χ2n) is 7.05. The fraction of sp³-hybridized carbons (Fsp3) is 0.261. The minimum Gasteiger partial charge on any atom is -0.507 e. The first kappa shape index (κ1) is 22.9. The van der Waals surface area contributed by atoms with Gasteiger partial charge in [0.2, 0.25) is 5.12 Å². The minimum atomic E-state index is -0.972. The lowest BCUT2D eigenvalue weighted by molar-refractivity contribution is 0.0696. The van der Waals surface area contributed by atoms with Crippen LogP contribution in [0, 0.1) is 0 Å². The summed E-state index contributed by atoms with van der Waals surface area (Å²) in [6, 6.07) is 13.1. The zero-order valence-corrected chi connectivity index (χ0v) is 18.6. The number of hydrogen-bond donors (Lipinski definition) is 2. The minimum absolute atomic E-state index is 0.0539. The summed E-state index contributed by atoms with van der Waals surface area (Å²) in [6.45, 7) is 2.57. The Kier molecular flexibility index (Phi) is 7.76. The Hall–Kier alpha value is -2.77. The van der Waals surface area contributed by atoms with Crippen LogP contribution in [-0.2, 0) is 18.7 Å². The number of carbonyl (C=O) groups excluding carboxylic acids is 1. The highest BCUT2D eigenvalue weighted by Gasteiger charge is 2.19. The number of nitrogens with zero attached hydrogens (tertiary/aromatic N) is 2. The highest BCUT2D eigenvalue weighted by atomic mass is 35.5. The molecule has 1 aromatic heterocycles. The molecule has 0 unspecified atom stereocenters. The highest BCUT2D eigenvalue weighted by molar-refractivity contribution is 8.13. The van der Waals surface area contributed by atoms with Gasteiger partial charge in [0.15, 0.2) is 5.15 Å². The van der Waals surface area contributed by atoms with Crippen molar-refractivity contribution in [3.05, 3.63) is 81.9 Å². The first-order valence-electron chi connectivity index (χ1n) is 9.91. The van der Waals surface area contributed by atoms with E-state index in [1.54, 1.807) is 42.5 Å². The van der Waals surface area contributed by atoms with Crippen LogP contribution in [0.1, 0.15) is 57.6 Å². The van der Waals surface area contributed by atoms with Gasteiger partial charge in [-0.2, -0.15) is 0 Å². The van der Waals surface area contributed by atoms with Gasteiger partial charge in [-0.1, -0.05) is 61.0 Å². The monoisotopic (exact) mass is 458 g/mol. The van der Waals surface area contributed by atoms with E-state index in [0.29, 0.717) is 17.5 Å². The van der Waals surface area contributed by atoms with Gasteiger partial charge in [0.25, 0.3) is 0 Å². The number of aryl methyl sites for hydroxylation is 1. The number of halogens is 1. The molecule has 2 aromatic carbocycles. The van der Waals surface area contributed by atoms with Crippen molar-refractivity contribution >= 4 is 34.4 Å². The maximum atomic E-state index is 12.6. The van der Waals surface area contributed by atoms with Crippen molar-refractivity contribution in [1.29, 1.82) is 0 Å². The van der Waals surface area contributed by atoms with Crippen LogP contribution in [0.5, 0.6) is 5.75 Å². The third kappa shape index (κ3) is 5.68. The predicted octanol–water partition coefficient (Wildman–Crippen LogP) is 5.40. The number of aromatic nitrogens is 2. The molecule has 1 heterocycles. The number of thioether (sulfide) groups is 1. The lowest BCUT2D eigenvalue weighted by atomic mass is 10.1. The number of carbonyl (C=O) groups is 2. The highest BCUT2D eigenvalue weighted by Crippen LogP contribution is 2.28. The van der Waals surface area contributed by atoms with E-state index in [4.69, 9.17) is 16.7 Å². The molecular weight excluding hydrogens is 436 g/mol. The normalized spacial score (nSPS) is 10.9. The summed E-state index contributed by atoms with van der Waals surface area (Å²) in [5.74, 6) is 0.111. The molecule has 0 aliphatic rings. The van der Waals surface area contributed by atoms with Crippen molar-refractivity contribution in [3.63, 3.8) is 0 Å². The third-order valence-corrected chi connectivity index (χ3v) is 6.06. The van der Waals surface area contributed by atoms with E-state index in [-0.39, 0.29) is 22.0 Å². The second-order valence-corrected chi connectivity index (χ2v) is 8.36. The molecule has 6 nitrogen and oxygen atoms in total. The van der Waals surface area contributed by atoms with Gasteiger partial charge in [0.1, 0.15) is 11.6 Å². The van der Waals surface area contributed by atoms with Gasteiger partial charge in [-0.25, -0.2) is 9.78 Å². The first-order chi connectivity index (χ1) is 14.9. The molecule has 0 saturated heterocycles. The smallest absolute Gasteiger partial charge is 0.335 e. The predicted molar refractivity (Wildman–Crippen MR) is 122 cm³/mol. The molecule has 0 radical (unpaired) electrons. The van der Waals surface area contributed by atoms with Crippen molar-refractivity contribution in [2.75, 3.05) is 0 Å². The number of carboxylic acid groups (broad SMARTS) is 1. The van der Waals surface area contributed by atoms with E-state index < -0.39 is 5.97 Å². The molecule has 0 atom stereocenters. The van der Waals surface area contributed by atoms with E-state index in [9.17, 15) is 14.7 Å². The first-order valence-corrected chi connectivity index (χ1v) is 11.3. The van der Waals surface area contributed by atoms with Crippen LogP contribution >= 0.6 is 23.4 Å². The van der Waals surface area contributed by atoms with Crippen LogP contribution in [0.4, 0.5) is 0 Å². The van der Waals surface area contributed by atoms with E-state index in [1.807, 2.05) is 4.57 Å². The van der Waals surface area contributed by atoms with Gasteiger partial charge in [0, 0.05) is 18.7 Å². The van der Waals surface area contributed by atoms with Gasteiger partial charge < -0.3 is 14.8 Å². The van der Waals surface area contributed by atoms with Crippen LogP contribution in [-0.4, -0.2) is 30.8 Å². The van der Waals surface area contributed by atoms with Crippen molar-refractivity contribution in [1.82, 2.24) is 9.55 Å². The summed E-state index contributed by atoms with van der Waals surface area (Å²) in [5, 5.41) is 19.1. The fourth-order valence-electron chi connectivity index (χ4n) is 3.15. The largest absolute Gasteiger partial charge is 0.507 e. The molecule has 162 valence electrons. The summed E-state index contributed by atoms with van der Waals surface area (Å²) in [4.78, 5) is 28.2. The Morgan fingerprint density at radius 2 is 1.84 bits per heavy atom. The number of phenolic OH excluding ortho intramolecular Hbond substituents is 1. The Bertz CT molecular complexity index is 1080. The molecular formula is C23H23ClN2O4S. The lowest BCUT2D eigenvalue weighted by Gasteiger charge is -2.13. The van der Waals surface area contributed by atoms with Gasteiger partial charge in [-0.3, -0.25) is 4.79 Å². The van der Waals surface area contributed by atoms with Crippen LogP contribution < -0.4 is 0 Å². The van der Waals surface area contributed by atoms with Gasteiger partial charge >= 0.3 is 5.97 Å². The topological polar surface area (TPSA) is 92.4 Å². The average Bonchev–Trinajstić information content (AvgIpc) is 3.05. The van der Waals surface area contributed by atoms with Gasteiger partial charge in [-0.15, -0.1) is 0 Å². The zero-order chi connectivity index (χ0) is 22.4. The van der Waals surface area contributed by atoms with Crippen LogP contribution in [0.25, 0.3) is 0 Å². The number of para-hydroxylation sites is 1. The fourth-order valence-corrected chi connectivity index (χ4v) is 4.38. The van der Waals surface area contributed by atoms with Gasteiger partial charge in [-0.05, 0) is 36.2 Å². The second kappa shape index (κ2) is 10.5. The summed E-state index contributed by atoms with van der Waals surface area (Å²) in [6.07, 6.45) is 2.71. The van der Waals surface area contributed by atoms with E-state index >= 15 is 0 Å². The number of benzene rings is 2. The standard InChI is InChI=1S/C23H23ClN2O4S/c1-2-3-8-20-25-21(24)18(14-31-23(30)17-6-4-5-7-19(17)27)26(20)13-15-9-11-16(12-10-15)22(28)29/h4-7,9-12,27H,2-3,8,13-14H2,1H3,(H,28,29). The number of phenols is 1. The molecule has 3 rings (SSSR count). The molecule has 0 spiro atoms. The summed E-state index contributed by atoms with van der Waals surface area (Å²) >= 11 is 7.50. The number of hydrogen-bond acceptors (Lipinski definition) is 5. The Balaban J connectivity index is 1.85. The number of imidazole rings is 1. The SMILES string of the molecule is CCCCc1nc(Cl)c(CSC(=O)c2ccccc2O)n1Cc1ccc(C(=O)O)cc1. The maximum Gasteiger partial charge on any atom is 0.335 e. The third-order valence-electron chi connectivity index (χ3n) is 4.86. The quantitative estimate of drug-likeness (QED) is 0.445. The van der Waals surface area contributed by atoms with Crippen molar-refractivity contribution < 1.29 is 19.8 Å². The van der Waals surface area contributed by atoms with E-state index in [0.717, 1.165) is 48.1 Å². The van der Waals surface area contributed by atoms with E-state index in [1.165, 1.54) is 6.07 Å². The van der Waals surface area contributed by atoms with E-state index in [2.05, 4.69) is 11.9 Å². The average molecular weight is 459 g/mol. The number of aromatic carboxylic acids is 1. The molecule has 2 N–H and O–H groups in total. The Labute approximate surface area is 189 Å². The number of rotatable bonds is 9. The molecule has 8 heteroatoms. The van der Waals surface area contributed by atoms with Crippen LogP contribution in [0.15, 0.2) is 48.5 Å². The molecule has 31 heavy (non-hydrogen) atoms. The molecule has 0 bridgehead atoms. The summed E-state index contributed by atoms with van der Waals surface area (Å²) in [7, 11) is 0. The number of unbranched alkanes of at least 4 members (excludes halogenated alkanes) is 1. The molecule has 0 aliphatic carbocycles.